The third kappa shape index (κ3) is 4.42. The molecule has 1 aromatic carbocycles. The van der Waals surface area contributed by atoms with Crippen LogP contribution in [0.4, 0.5) is 0 Å². The Labute approximate surface area is 166 Å². The molecule has 146 valence electrons. The number of rotatable bonds is 6. The third-order valence-electron chi connectivity index (χ3n) is 5.55. The predicted molar refractivity (Wildman–Crippen MR) is 111 cm³/mol. The number of likely N-dealkylation sites (tertiary alicyclic amines) is 1. The van der Waals surface area contributed by atoms with Crippen LogP contribution in [0.15, 0.2) is 48.8 Å². The first-order valence-electron chi connectivity index (χ1n) is 10.0. The van der Waals surface area contributed by atoms with Crippen LogP contribution in [0.5, 0.6) is 5.75 Å². The first kappa shape index (κ1) is 18.7. The Morgan fingerprint density at radius 1 is 1.18 bits per heavy atom. The van der Waals surface area contributed by atoms with E-state index >= 15 is 0 Å². The van der Waals surface area contributed by atoms with Crippen molar-refractivity contribution in [2.45, 2.75) is 38.6 Å². The fraction of sp³-hybridized carbons (Fsp3) is 0.391. The molecule has 1 aliphatic rings. The van der Waals surface area contributed by atoms with E-state index in [1.807, 2.05) is 24.5 Å². The number of H-pyrrole nitrogens is 1. The number of ether oxygens (including phenoxy) is 1. The molecule has 1 fully saturated rings. The number of piperidine rings is 1. The molecule has 0 radical (unpaired) electrons. The Hall–Kier alpha value is -2.66. The Bertz CT molecular complexity index is 899. The van der Waals surface area contributed by atoms with Gasteiger partial charge in [0.2, 0.25) is 0 Å². The topological polar surface area (TPSA) is 54.0 Å². The zero-order chi connectivity index (χ0) is 19.3. The maximum Gasteiger partial charge on any atom is 0.122 e. The standard InChI is InChI=1S/C23H28N4O/c1-17-13-18(14-20-5-3-4-6-22(20)28-2)15-21(26-17)19-7-11-27(12-8-19)16-23-24-9-10-25-23/h3-6,9-10,13,15,19H,7-8,11-12,14,16H2,1-2H3,(H,24,25). The summed E-state index contributed by atoms with van der Waals surface area (Å²) < 4.78 is 5.52. The lowest BCUT2D eigenvalue weighted by Gasteiger charge is -2.31. The Kier molecular flexibility index (Phi) is 5.72. The minimum Gasteiger partial charge on any atom is -0.496 e. The van der Waals surface area contributed by atoms with E-state index in [2.05, 4.69) is 46.1 Å². The fourth-order valence-electron chi connectivity index (χ4n) is 4.13. The highest BCUT2D eigenvalue weighted by Gasteiger charge is 2.22. The van der Waals surface area contributed by atoms with Crippen molar-refractivity contribution in [2.75, 3.05) is 20.2 Å². The molecular weight excluding hydrogens is 348 g/mol. The Morgan fingerprint density at radius 2 is 2.00 bits per heavy atom. The van der Waals surface area contributed by atoms with Gasteiger partial charge in [-0.1, -0.05) is 18.2 Å². The molecular formula is C23H28N4O. The zero-order valence-electron chi connectivity index (χ0n) is 16.7. The summed E-state index contributed by atoms with van der Waals surface area (Å²) in [6.45, 7) is 5.17. The number of imidazole rings is 1. The van der Waals surface area contributed by atoms with Crippen LogP contribution in [0.2, 0.25) is 0 Å². The number of hydrogen-bond donors (Lipinski definition) is 1. The average molecular weight is 377 g/mol. The summed E-state index contributed by atoms with van der Waals surface area (Å²) in [7, 11) is 1.73. The van der Waals surface area contributed by atoms with Gasteiger partial charge in [-0.25, -0.2) is 4.98 Å². The van der Waals surface area contributed by atoms with Gasteiger partial charge in [0.1, 0.15) is 11.6 Å². The van der Waals surface area contributed by atoms with Gasteiger partial charge in [-0.05, 0) is 62.2 Å². The molecule has 5 nitrogen and oxygen atoms in total. The second-order valence-corrected chi connectivity index (χ2v) is 7.62. The first-order chi connectivity index (χ1) is 13.7. The van der Waals surface area contributed by atoms with Gasteiger partial charge >= 0.3 is 0 Å². The van der Waals surface area contributed by atoms with Crippen LogP contribution in [0.1, 0.15) is 47.1 Å². The fourth-order valence-corrected chi connectivity index (χ4v) is 4.13. The molecule has 2 aromatic heterocycles. The molecule has 0 spiro atoms. The molecule has 1 aliphatic heterocycles. The van der Waals surface area contributed by atoms with Crippen molar-refractivity contribution < 1.29 is 4.74 Å². The number of pyridine rings is 1. The van der Waals surface area contributed by atoms with Gasteiger partial charge < -0.3 is 9.72 Å². The van der Waals surface area contributed by atoms with Crippen LogP contribution >= 0.6 is 0 Å². The number of aromatic nitrogens is 3. The molecule has 3 aromatic rings. The van der Waals surface area contributed by atoms with Gasteiger partial charge in [0, 0.05) is 36.1 Å². The SMILES string of the molecule is COc1ccccc1Cc1cc(C)nc(C2CCN(Cc3ncc[nH]3)CC2)c1. The van der Waals surface area contributed by atoms with Crippen LogP contribution in [0.3, 0.4) is 0 Å². The van der Waals surface area contributed by atoms with E-state index in [0.29, 0.717) is 5.92 Å². The van der Waals surface area contributed by atoms with Gasteiger partial charge in [0.05, 0.1) is 13.7 Å². The van der Waals surface area contributed by atoms with Gasteiger partial charge in [0.25, 0.3) is 0 Å². The quantitative estimate of drug-likeness (QED) is 0.704. The Morgan fingerprint density at radius 3 is 2.75 bits per heavy atom. The second kappa shape index (κ2) is 8.57. The lowest BCUT2D eigenvalue weighted by atomic mass is 9.91. The molecule has 0 aliphatic carbocycles. The maximum absolute atomic E-state index is 5.52. The number of para-hydroxylation sites is 1. The van der Waals surface area contributed by atoms with E-state index in [1.54, 1.807) is 7.11 Å². The molecule has 4 rings (SSSR count). The molecule has 0 atom stereocenters. The van der Waals surface area contributed by atoms with E-state index in [1.165, 1.54) is 16.8 Å². The van der Waals surface area contributed by atoms with Gasteiger partial charge in [-0.3, -0.25) is 9.88 Å². The van der Waals surface area contributed by atoms with Crippen molar-refractivity contribution >= 4 is 0 Å². The monoisotopic (exact) mass is 376 g/mol. The molecule has 0 saturated carbocycles. The molecule has 1 N–H and O–H groups in total. The molecule has 3 heterocycles. The largest absolute Gasteiger partial charge is 0.496 e. The van der Waals surface area contributed by atoms with Crippen LogP contribution in [-0.2, 0) is 13.0 Å². The minimum atomic E-state index is 0.532. The summed E-state index contributed by atoms with van der Waals surface area (Å²) >= 11 is 0. The molecule has 5 heteroatoms. The number of benzene rings is 1. The molecule has 0 bridgehead atoms. The number of nitrogens with zero attached hydrogens (tertiary/aromatic N) is 3. The summed E-state index contributed by atoms with van der Waals surface area (Å²) in [5.74, 6) is 2.53. The first-order valence-corrected chi connectivity index (χ1v) is 10.0. The van der Waals surface area contributed by atoms with Gasteiger partial charge in [-0.2, -0.15) is 0 Å². The van der Waals surface area contributed by atoms with Gasteiger partial charge in [-0.15, -0.1) is 0 Å². The minimum absolute atomic E-state index is 0.532. The van der Waals surface area contributed by atoms with Crippen molar-refractivity contribution in [1.82, 2.24) is 19.9 Å². The van der Waals surface area contributed by atoms with Crippen molar-refractivity contribution in [2.24, 2.45) is 0 Å². The number of nitrogens with one attached hydrogen (secondary N) is 1. The molecule has 28 heavy (non-hydrogen) atoms. The van der Waals surface area contributed by atoms with Crippen molar-refractivity contribution in [3.8, 4) is 5.75 Å². The zero-order valence-corrected chi connectivity index (χ0v) is 16.7. The van der Waals surface area contributed by atoms with E-state index in [4.69, 9.17) is 9.72 Å². The highest BCUT2D eigenvalue weighted by Crippen LogP contribution is 2.29. The van der Waals surface area contributed by atoms with Crippen LogP contribution in [0, 0.1) is 6.92 Å². The second-order valence-electron chi connectivity index (χ2n) is 7.62. The smallest absolute Gasteiger partial charge is 0.122 e. The predicted octanol–water partition coefficient (Wildman–Crippen LogP) is 4.09. The van der Waals surface area contributed by atoms with Crippen LogP contribution < -0.4 is 4.74 Å². The lowest BCUT2D eigenvalue weighted by Crippen LogP contribution is -2.33. The van der Waals surface area contributed by atoms with Gasteiger partial charge in [0.15, 0.2) is 0 Å². The van der Waals surface area contributed by atoms with E-state index in [-0.39, 0.29) is 0 Å². The van der Waals surface area contributed by atoms with Crippen LogP contribution in [-0.4, -0.2) is 40.1 Å². The third-order valence-corrected chi connectivity index (χ3v) is 5.55. The summed E-state index contributed by atoms with van der Waals surface area (Å²) in [6, 6.07) is 12.7. The summed E-state index contributed by atoms with van der Waals surface area (Å²) in [4.78, 5) is 14.9. The number of aryl methyl sites for hydroxylation is 1. The van der Waals surface area contributed by atoms with Crippen molar-refractivity contribution in [3.05, 3.63) is 77.1 Å². The van der Waals surface area contributed by atoms with E-state index in [9.17, 15) is 0 Å². The summed E-state index contributed by atoms with van der Waals surface area (Å²) in [6.07, 6.45) is 6.87. The maximum atomic E-state index is 5.52. The number of methoxy groups -OCH3 is 1. The highest BCUT2D eigenvalue weighted by molar-refractivity contribution is 5.38. The molecule has 1 saturated heterocycles. The molecule has 0 amide bonds. The molecule has 0 unspecified atom stereocenters. The number of hydrogen-bond acceptors (Lipinski definition) is 4. The normalized spacial score (nSPS) is 15.6. The van der Waals surface area contributed by atoms with E-state index < -0.39 is 0 Å². The van der Waals surface area contributed by atoms with Crippen LogP contribution in [0.25, 0.3) is 0 Å². The Balaban J connectivity index is 1.44. The number of aromatic amines is 1. The van der Waals surface area contributed by atoms with E-state index in [0.717, 1.165) is 56.2 Å². The summed E-state index contributed by atoms with van der Waals surface area (Å²) in [5.41, 5.74) is 4.86. The summed E-state index contributed by atoms with van der Waals surface area (Å²) in [5, 5.41) is 0. The lowest BCUT2D eigenvalue weighted by molar-refractivity contribution is 0.199. The average Bonchev–Trinajstić information content (AvgIpc) is 3.21. The highest BCUT2D eigenvalue weighted by atomic mass is 16.5. The van der Waals surface area contributed by atoms with Crippen molar-refractivity contribution in [3.63, 3.8) is 0 Å². The van der Waals surface area contributed by atoms with Crippen molar-refractivity contribution in [1.29, 1.82) is 0 Å².